The van der Waals surface area contributed by atoms with Crippen LogP contribution < -0.4 is 5.32 Å². The molecule has 0 aliphatic carbocycles. The Morgan fingerprint density at radius 3 is 2.48 bits per heavy atom. The van der Waals surface area contributed by atoms with Gasteiger partial charge in [0.05, 0.1) is 11.7 Å². The van der Waals surface area contributed by atoms with Gasteiger partial charge in [0.25, 0.3) is 0 Å². The van der Waals surface area contributed by atoms with Crippen molar-refractivity contribution in [3.63, 3.8) is 0 Å². The molecule has 0 spiro atoms. The van der Waals surface area contributed by atoms with E-state index in [-0.39, 0.29) is 21.5 Å². The molecule has 140 valence electrons. The molecule has 0 bridgehead atoms. The van der Waals surface area contributed by atoms with Crippen molar-refractivity contribution in [2.45, 2.75) is 26.9 Å². The molecule has 0 radical (unpaired) electrons. The zero-order valence-electron chi connectivity index (χ0n) is 14.8. The number of carbonyl (C=O) groups excluding carboxylic acids is 2. The molecule has 2 rings (SSSR count). The second-order valence-corrected chi connectivity index (χ2v) is 7.62. The standard InChI is InChI=1S/C19H16Cl2N2O3S/c1-10(2)26-19(25)17-11(3)13(9-22)18(27-17)23-16(24)8-7-12-14(20)5-4-6-15(12)21/h4-8,10H,1-3H3,(H,23,24)/b8-7+. The normalized spacial score (nSPS) is 10.9. The highest BCUT2D eigenvalue weighted by Crippen LogP contribution is 2.33. The van der Waals surface area contributed by atoms with Crippen LogP contribution in [0.2, 0.25) is 10.0 Å². The number of nitrogens with one attached hydrogen (secondary N) is 1. The van der Waals surface area contributed by atoms with E-state index < -0.39 is 11.9 Å². The molecule has 1 N–H and O–H groups in total. The first-order valence-corrected chi connectivity index (χ1v) is 9.49. The van der Waals surface area contributed by atoms with Crippen LogP contribution in [0.15, 0.2) is 24.3 Å². The molecule has 0 fully saturated rings. The van der Waals surface area contributed by atoms with Crippen LogP contribution in [0.25, 0.3) is 6.08 Å². The minimum absolute atomic E-state index is 0.230. The first-order valence-electron chi connectivity index (χ1n) is 7.92. The monoisotopic (exact) mass is 422 g/mol. The summed E-state index contributed by atoms with van der Waals surface area (Å²) in [7, 11) is 0. The topological polar surface area (TPSA) is 79.2 Å². The summed E-state index contributed by atoms with van der Waals surface area (Å²) in [6.07, 6.45) is 2.46. The quantitative estimate of drug-likeness (QED) is 0.512. The molecular weight excluding hydrogens is 407 g/mol. The Morgan fingerprint density at radius 1 is 1.30 bits per heavy atom. The van der Waals surface area contributed by atoms with Crippen molar-refractivity contribution in [3.8, 4) is 6.07 Å². The lowest BCUT2D eigenvalue weighted by molar-refractivity contribution is -0.111. The van der Waals surface area contributed by atoms with Crippen molar-refractivity contribution < 1.29 is 14.3 Å². The first-order chi connectivity index (χ1) is 12.7. The Morgan fingerprint density at radius 2 is 1.93 bits per heavy atom. The zero-order valence-corrected chi connectivity index (χ0v) is 17.1. The highest BCUT2D eigenvalue weighted by Gasteiger charge is 2.22. The lowest BCUT2D eigenvalue weighted by Crippen LogP contribution is -2.11. The van der Waals surface area contributed by atoms with E-state index in [1.807, 2.05) is 6.07 Å². The number of ether oxygens (including phenoxy) is 1. The lowest BCUT2D eigenvalue weighted by atomic mass is 10.1. The average molecular weight is 423 g/mol. The van der Waals surface area contributed by atoms with Gasteiger partial charge in [0, 0.05) is 21.7 Å². The Hall–Kier alpha value is -2.33. The largest absolute Gasteiger partial charge is 0.459 e. The predicted octanol–water partition coefficient (Wildman–Crippen LogP) is 5.45. The molecule has 0 saturated heterocycles. The summed E-state index contributed by atoms with van der Waals surface area (Å²) in [4.78, 5) is 24.7. The number of hydrogen-bond donors (Lipinski definition) is 1. The van der Waals surface area contributed by atoms with Crippen molar-refractivity contribution in [2.24, 2.45) is 0 Å². The SMILES string of the molecule is Cc1c(C(=O)OC(C)C)sc(NC(=O)/C=C/c2c(Cl)cccc2Cl)c1C#N. The summed E-state index contributed by atoms with van der Waals surface area (Å²) >= 11 is 13.1. The minimum Gasteiger partial charge on any atom is -0.459 e. The molecule has 5 nitrogen and oxygen atoms in total. The van der Waals surface area contributed by atoms with E-state index in [9.17, 15) is 14.9 Å². The van der Waals surface area contributed by atoms with E-state index in [1.54, 1.807) is 39.0 Å². The second kappa shape index (κ2) is 9.05. The summed E-state index contributed by atoms with van der Waals surface area (Å²) in [5.74, 6) is -1.00. The molecule has 0 aliphatic heterocycles. The van der Waals surface area contributed by atoms with Gasteiger partial charge in [0.2, 0.25) is 5.91 Å². The number of carbonyl (C=O) groups is 2. The third-order valence-electron chi connectivity index (χ3n) is 3.42. The fraction of sp³-hybridized carbons (Fsp3) is 0.211. The molecule has 0 unspecified atom stereocenters. The maximum absolute atomic E-state index is 12.2. The fourth-order valence-electron chi connectivity index (χ4n) is 2.18. The summed E-state index contributed by atoms with van der Waals surface area (Å²) in [5, 5.41) is 13.1. The summed E-state index contributed by atoms with van der Waals surface area (Å²) in [6, 6.07) is 7.03. The van der Waals surface area contributed by atoms with Gasteiger partial charge in [-0.2, -0.15) is 5.26 Å². The first kappa shape index (κ1) is 21.0. The molecule has 0 saturated carbocycles. The molecular formula is C19H16Cl2N2O3S. The molecule has 8 heteroatoms. The van der Waals surface area contributed by atoms with Crippen molar-refractivity contribution in [1.82, 2.24) is 0 Å². The predicted molar refractivity (Wildman–Crippen MR) is 108 cm³/mol. The zero-order chi connectivity index (χ0) is 20.1. The maximum atomic E-state index is 12.2. The number of anilines is 1. The van der Waals surface area contributed by atoms with Crippen LogP contribution in [0.5, 0.6) is 0 Å². The van der Waals surface area contributed by atoms with Crippen LogP contribution in [0.3, 0.4) is 0 Å². The second-order valence-electron chi connectivity index (χ2n) is 5.78. The molecule has 1 amide bonds. The molecule has 27 heavy (non-hydrogen) atoms. The highest BCUT2D eigenvalue weighted by atomic mass is 35.5. The number of esters is 1. The third kappa shape index (κ3) is 5.10. The van der Waals surface area contributed by atoms with Gasteiger partial charge < -0.3 is 10.1 Å². The Kier molecular flexibility index (Phi) is 7.03. The maximum Gasteiger partial charge on any atom is 0.348 e. The van der Waals surface area contributed by atoms with Crippen molar-refractivity contribution in [1.29, 1.82) is 5.26 Å². The van der Waals surface area contributed by atoms with Gasteiger partial charge in [-0.1, -0.05) is 29.3 Å². The molecule has 2 aromatic rings. The summed E-state index contributed by atoms with van der Waals surface area (Å²) in [5.41, 5.74) is 1.22. The van der Waals surface area contributed by atoms with Crippen molar-refractivity contribution in [2.75, 3.05) is 5.32 Å². The molecule has 0 aliphatic rings. The van der Waals surface area contributed by atoms with E-state index in [1.165, 1.54) is 12.2 Å². The lowest BCUT2D eigenvalue weighted by Gasteiger charge is -2.06. The van der Waals surface area contributed by atoms with Crippen LogP contribution in [-0.2, 0) is 9.53 Å². The number of benzene rings is 1. The molecule has 1 aromatic heterocycles. The van der Waals surface area contributed by atoms with Gasteiger partial charge in [0.1, 0.15) is 15.9 Å². The number of nitrogens with zero attached hydrogens (tertiary/aromatic N) is 1. The van der Waals surface area contributed by atoms with E-state index in [0.717, 1.165) is 11.3 Å². The van der Waals surface area contributed by atoms with Gasteiger partial charge in [-0.05, 0) is 44.5 Å². The van der Waals surface area contributed by atoms with E-state index in [0.29, 0.717) is 21.2 Å². The Labute approximate surface area is 171 Å². The number of amides is 1. The van der Waals surface area contributed by atoms with E-state index in [2.05, 4.69) is 5.32 Å². The highest BCUT2D eigenvalue weighted by molar-refractivity contribution is 7.18. The van der Waals surface area contributed by atoms with Crippen LogP contribution in [0.4, 0.5) is 5.00 Å². The summed E-state index contributed by atoms with van der Waals surface area (Å²) in [6.45, 7) is 5.11. The number of rotatable bonds is 5. The van der Waals surface area contributed by atoms with Gasteiger partial charge >= 0.3 is 5.97 Å². The molecule has 0 atom stereocenters. The smallest absolute Gasteiger partial charge is 0.348 e. The van der Waals surface area contributed by atoms with Crippen LogP contribution in [-0.4, -0.2) is 18.0 Å². The fourth-order valence-corrected chi connectivity index (χ4v) is 3.75. The minimum atomic E-state index is -0.525. The Balaban J connectivity index is 2.24. The van der Waals surface area contributed by atoms with Crippen LogP contribution in [0, 0.1) is 18.3 Å². The average Bonchev–Trinajstić information content (AvgIpc) is 2.89. The number of halogens is 2. The van der Waals surface area contributed by atoms with Crippen molar-refractivity contribution in [3.05, 3.63) is 55.9 Å². The number of hydrogen-bond acceptors (Lipinski definition) is 5. The van der Waals surface area contributed by atoms with Crippen LogP contribution >= 0.6 is 34.5 Å². The van der Waals surface area contributed by atoms with E-state index in [4.69, 9.17) is 27.9 Å². The van der Waals surface area contributed by atoms with Gasteiger partial charge in [-0.15, -0.1) is 11.3 Å². The Bertz CT molecular complexity index is 938. The molecule has 1 aromatic carbocycles. The van der Waals surface area contributed by atoms with Gasteiger partial charge in [-0.25, -0.2) is 4.79 Å². The van der Waals surface area contributed by atoms with Gasteiger partial charge in [-0.3, -0.25) is 4.79 Å². The number of nitriles is 1. The van der Waals surface area contributed by atoms with E-state index >= 15 is 0 Å². The third-order valence-corrected chi connectivity index (χ3v) is 5.27. The summed E-state index contributed by atoms with van der Waals surface area (Å²) < 4.78 is 5.17. The molecule has 1 heterocycles. The number of thiophene rings is 1. The van der Waals surface area contributed by atoms with Crippen LogP contribution in [0.1, 0.15) is 40.2 Å². The van der Waals surface area contributed by atoms with Crippen molar-refractivity contribution >= 4 is 57.5 Å². The van der Waals surface area contributed by atoms with Gasteiger partial charge in [0.15, 0.2) is 0 Å².